The van der Waals surface area contributed by atoms with Crippen molar-refractivity contribution in [3.8, 4) is 11.5 Å². The van der Waals surface area contributed by atoms with Crippen molar-refractivity contribution in [2.45, 2.75) is 32.4 Å². The number of benzene rings is 2. The number of methoxy groups -OCH3 is 2. The summed E-state index contributed by atoms with van der Waals surface area (Å²) in [6.45, 7) is 2.32. The molecule has 0 bridgehead atoms. The fourth-order valence-corrected chi connectivity index (χ4v) is 4.27. The number of aromatic nitrogens is 1. The van der Waals surface area contributed by atoms with E-state index in [0.29, 0.717) is 39.4 Å². The minimum Gasteiger partial charge on any atom is -0.493 e. The summed E-state index contributed by atoms with van der Waals surface area (Å²) in [6, 6.07) is 8.98. The molecule has 1 aliphatic rings. The van der Waals surface area contributed by atoms with Gasteiger partial charge in [-0.15, -0.1) is 0 Å². The van der Waals surface area contributed by atoms with Gasteiger partial charge in [0, 0.05) is 23.2 Å². The van der Waals surface area contributed by atoms with Crippen molar-refractivity contribution >= 4 is 28.3 Å². The lowest BCUT2D eigenvalue weighted by Gasteiger charge is -2.17. The molecule has 1 amide bonds. The van der Waals surface area contributed by atoms with Gasteiger partial charge >= 0.3 is 0 Å². The van der Waals surface area contributed by atoms with Gasteiger partial charge in [0.25, 0.3) is 11.5 Å². The molecule has 1 atom stereocenters. The number of pyridine rings is 1. The van der Waals surface area contributed by atoms with Gasteiger partial charge in [0.15, 0.2) is 11.5 Å². The van der Waals surface area contributed by atoms with Crippen LogP contribution >= 0.6 is 11.6 Å². The Morgan fingerprint density at radius 3 is 2.53 bits per heavy atom. The number of rotatable bonds is 5. The standard InChI is InChI=1S/C23H23ClN2O4/c1-4-26-12-18(16-10-20(29-2)21(30-3)11-17(16)23(26)28)22(27)25-19-8-6-13-5-7-14(24)9-15(13)19/h5,7,9-12,19H,4,6,8H2,1-3H3,(H,25,27). The summed E-state index contributed by atoms with van der Waals surface area (Å²) >= 11 is 6.16. The van der Waals surface area contributed by atoms with Crippen molar-refractivity contribution in [1.82, 2.24) is 9.88 Å². The molecule has 2 aromatic carbocycles. The third-order valence-corrected chi connectivity index (χ3v) is 5.90. The maximum atomic E-state index is 13.3. The maximum absolute atomic E-state index is 13.3. The molecule has 6 nitrogen and oxygen atoms in total. The minimum absolute atomic E-state index is 0.122. The maximum Gasteiger partial charge on any atom is 0.258 e. The summed E-state index contributed by atoms with van der Waals surface area (Å²) in [5.41, 5.74) is 2.48. The van der Waals surface area contributed by atoms with Crippen LogP contribution in [0.5, 0.6) is 11.5 Å². The number of aryl methyl sites for hydroxylation is 2. The number of ether oxygens (including phenoxy) is 2. The van der Waals surface area contributed by atoms with Crippen LogP contribution in [0.15, 0.2) is 41.3 Å². The van der Waals surface area contributed by atoms with Crippen LogP contribution in [0.4, 0.5) is 0 Å². The zero-order chi connectivity index (χ0) is 21.4. The summed E-state index contributed by atoms with van der Waals surface area (Å²) in [5.74, 6) is 0.666. The quantitative estimate of drug-likeness (QED) is 0.666. The van der Waals surface area contributed by atoms with E-state index in [1.807, 2.05) is 25.1 Å². The second-order valence-corrected chi connectivity index (χ2v) is 7.73. The largest absolute Gasteiger partial charge is 0.493 e. The number of nitrogens with zero attached hydrogens (tertiary/aromatic N) is 1. The first-order valence-electron chi connectivity index (χ1n) is 9.85. The molecule has 3 aromatic rings. The van der Waals surface area contributed by atoms with Gasteiger partial charge in [-0.1, -0.05) is 17.7 Å². The van der Waals surface area contributed by atoms with Crippen LogP contribution in [0.2, 0.25) is 5.02 Å². The van der Waals surface area contributed by atoms with Gasteiger partial charge in [0.2, 0.25) is 0 Å². The van der Waals surface area contributed by atoms with Crippen LogP contribution in [0.25, 0.3) is 10.8 Å². The molecule has 0 spiro atoms. The van der Waals surface area contributed by atoms with E-state index in [9.17, 15) is 9.59 Å². The molecule has 0 radical (unpaired) electrons. The molecular formula is C23H23ClN2O4. The van der Waals surface area contributed by atoms with Gasteiger partial charge in [-0.2, -0.15) is 0 Å². The van der Waals surface area contributed by atoms with Crippen molar-refractivity contribution in [2.24, 2.45) is 0 Å². The van der Waals surface area contributed by atoms with Crippen LogP contribution in [0.1, 0.15) is 40.9 Å². The number of amides is 1. The van der Waals surface area contributed by atoms with E-state index in [1.165, 1.54) is 24.4 Å². The molecule has 1 aromatic heterocycles. The fraction of sp³-hybridized carbons (Fsp3) is 0.304. The number of fused-ring (bicyclic) bond motifs is 2. The van der Waals surface area contributed by atoms with Crippen molar-refractivity contribution in [1.29, 1.82) is 0 Å². The molecule has 0 saturated carbocycles. The Morgan fingerprint density at radius 2 is 1.87 bits per heavy atom. The Kier molecular flexibility index (Phi) is 5.43. The van der Waals surface area contributed by atoms with Crippen LogP contribution in [-0.2, 0) is 13.0 Å². The first-order chi connectivity index (χ1) is 14.5. The molecule has 1 aliphatic carbocycles. The average molecular weight is 427 g/mol. The highest BCUT2D eigenvalue weighted by Gasteiger charge is 2.26. The second-order valence-electron chi connectivity index (χ2n) is 7.29. The van der Waals surface area contributed by atoms with E-state index in [0.717, 1.165) is 18.4 Å². The van der Waals surface area contributed by atoms with Crippen molar-refractivity contribution in [3.63, 3.8) is 0 Å². The Labute approximate surface area is 179 Å². The highest BCUT2D eigenvalue weighted by Crippen LogP contribution is 2.35. The Bertz CT molecular complexity index is 1200. The number of hydrogen-bond acceptors (Lipinski definition) is 4. The highest BCUT2D eigenvalue weighted by molar-refractivity contribution is 6.30. The lowest BCUT2D eigenvalue weighted by molar-refractivity contribution is 0.0937. The molecule has 0 saturated heterocycles. The molecule has 1 heterocycles. The number of halogens is 1. The van der Waals surface area contributed by atoms with E-state index in [-0.39, 0.29) is 17.5 Å². The topological polar surface area (TPSA) is 69.6 Å². The third kappa shape index (κ3) is 3.41. The minimum atomic E-state index is -0.243. The fourth-order valence-electron chi connectivity index (χ4n) is 4.09. The highest BCUT2D eigenvalue weighted by atomic mass is 35.5. The van der Waals surface area contributed by atoms with Crippen molar-refractivity contribution < 1.29 is 14.3 Å². The van der Waals surface area contributed by atoms with Gasteiger partial charge in [-0.05, 0) is 55.2 Å². The van der Waals surface area contributed by atoms with E-state index in [1.54, 1.807) is 18.3 Å². The normalized spacial score (nSPS) is 15.1. The predicted octanol–water partition coefficient (Wildman–Crippen LogP) is 4.11. The summed E-state index contributed by atoms with van der Waals surface area (Å²) in [4.78, 5) is 26.2. The average Bonchev–Trinajstić information content (AvgIpc) is 3.14. The molecule has 4 rings (SSSR count). The Hall–Kier alpha value is -2.99. The van der Waals surface area contributed by atoms with Gasteiger partial charge < -0.3 is 19.4 Å². The number of carbonyl (C=O) groups is 1. The van der Waals surface area contributed by atoms with Gasteiger partial charge in [-0.3, -0.25) is 9.59 Å². The van der Waals surface area contributed by atoms with E-state index in [4.69, 9.17) is 21.1 Å². The third-order valence-electron chi connectivity index (χ3n) is 5.67. The monoisotopic (exact) mass is 426 g/mol. The van der Waals surface area contributed by atoms with Gasteiger partial charge in [0.05, 0.1) is 31.2 Å². The zero-order valence-electron chi connectivity index (χ0n) is 17.1. The first-order valence-corrected chi connectivity index (χ1v) is 10.2. The van der Waals surface area contributed by atoms with Crippen LogP contribution in [0.3, 0.4) is 0 Å². The molecule has 0 fully saturated rings. The summed E-state index contributed by atoms with van der Waals surface area (Å²) < 4.78 is 12.3. The number of carbonyl (C=O) groups excluding carboxylic acids is 1. The van der Waals surface area contributed by atoms with E-state index < -0.39 is 0 Å². The smallest absolute Gasteiger partial charge is 0.258 e. The Morgan fingerprint density at radius 1 is 1.17 bits per heavy atom. The predicted molar refractivity (Wildman–Crippen MR) is 117 cm³/mol. The lowest BCUT2D eigenvalue weighted by Crippen LogP contribution is -2.30. The summed E-state index contributed by atoms with van der Waals surface area (Å²) in [5, 5.41) is 4.72. The molecular weight excluding hydrogens is 404 g/mol. The molecule has 7 heteroatoms. The van der Waals surface area contributed by atoms with Gasteiger partial charge in [0.1, 0.15) is 0 Å². The second kappa shape index (κ2) is 8.03. The van der Waals surface area contributed by atoms with Crippen LogP contribution in [-0.4, -0.2) is 24.7 Å². The molecule has 0 aliphatic heterocycles. The van der Waals surface area contributed by atoms with Gasteiger partial charge in [-0.25, -0.2) is 0 Å². The van der Waals surface area contributed by atoms with E-state index >= 15 is 0 Å². The molecule has 1 unspecified atom stereocenters. The van der Waals surface area contributed by atoms with Crippen molar-refractivity contribution in [3.05, 3.63) is 68.6 Å². The molecule has 1 N–H and O–H groups in total. The SMILES string of the molecule is CCn1cc(C(=O)NC2CCc3ccc(Cl)cc32)c2cc(OC)c(OC)cc2c1=O. The number of hydrogen-bond donors (Lipinski definition) is 1. The zero-order valence-corrected chi connectivity index (χ0v) is 17.9. The number of nitrogens with one attached hydrogen (secondary N) is 1. The Balaban J connectivity index is 1.80. The van der Waals surface area contributed by atoms with Crippen molar-refractivity contribution in [2.75, 3.05) is 14.2 Å². The van der Waals surface area contributed by atoms with Crippen LogP contribution < -0.4 is 20.3 Å². The first kappa shape index (κ1) is 20.3. The molecule has 30 heavy (non-hydrogen) atoms. The molecule has 156 valence electrons. The van der Waals surface area contributed by atoms with Crippen LogP contribution in [0, 0.1) is 0 Å². The van der Waals surface area contributed by atoms with E-state index in [2.05, 4.69) is 5.32 Å². The lowest BCUT2D eigenvalue weighted by atomic mass is 10.0. The summed E-state index contributed by atoms with van der Waals surface area (Å²) in [6.07, 6.45) is 3.31. The summed E-state index contributed by atoms with van der Waals surface area (Å²) in [7, 11) is 3.04.